The van der Waals surface area contributed by atoms with Crippen LogP contribution in [0.25, 0.3) is 10.2 Å². The quantitative estimate of drug-likeness (QED) is 0.721. The van der Waals surface area contributed by atoms with E-state index in [9.17, 15) is 14.4 Å². The van der Waals surface area contributed by atoms with E-state index in [1.54, 1.807) is 24.3 Å². The molecule has 0 saturated heterocycles. The van der Waals surface area contributed by atoms with E-state index in [-0.39, 0.29) is 6.54 Å². The lowest BCUT2D eigenvalue weighted by Crippen LogP contribution is -2.37. The lowest BCUT2D eigenvalue weighted by atomic mass is 10.1. The minimum absolute atomic E-state index is 0.330. The SMILES string of the molecule is CCc1cccc2sc(NC(=O)CN3C(=O)c4ccccc4C3=O)nc12. The highest BCUT2D eigenvalue weighted by atomic mass is 32.1. The van der Waals surface area contributed by atoms with Gasteiger partial charge in [0.2, 0.25) is 5.91 Å². The molecule has 6 nitrogen and oxygen atoms in total. The van der Waals surface area contributed by atoms with Crippen LogP contribution < -0.4 is 5.32 Å². The van der Waals surface area contributed by atoms with E-state index in [0.717, 1.165) is 27.1 Å². The molecule has 26 heavy (non-hydrogen) atoms. The zero-order valence-electron chi connectivity index (χ0n) is 14.0. The number of rotatable bonds is 4. The van der Waals surface area contributed by atoms with Gasteiger partial charge in [0.15, 0.2) is 5.13 Å². The van der Waals surface area contributed by atoms with Crippen molar-refractivity contribution in [2.24, 2.45) is 0 Å². The van der Waals surface area contributed by atoms with Gasteiger partial charge in [-0.15, -0.1) is 0 Å². The normalized spacial score (nSPS) is 13.3. The van der Waals surface area contributed by atoms with E-state index in [0.29, 0.717) is 16.3 Å². The Morgan fingerprint density at radius 1 is 1.08 bits per heavy atom. The molecule has 4 rings (SSSR count). The molecule has 1 N–H and O–H groups in total. The number of fused-ring (bicyclic) bond motifs is 2. The van der Waals surface area contributed by atoms with Gasteiger partial charge in [0.05, 0.1) is 21.3 Å². The number of aryl methyl sites for hydroxylation is 1. The van der Waals surface area contributed by atoms with Gasteiger partial charge < -0.3 is 5.32 Å². The maximum absolute atomic E-state index is 12.4. The topological polar surface area (TPSA) is 79.4 Å². The Hall–Kier alpha value is -3.06. The zero-order valence-corrected chi connectivity index (χ0v) is 14.8. The Morgan fingerprint density at radius 2 is 1.77 bits per heavy atom. The highest BCUT2D eigenvalue weighted by Gasteiger charge is 2.36. The number of carbonyl (C=O) groups excluding carboxylic acids is 3. The lowest BCUT2D eigenvalue weighted by Gasteiger charge is -2.12. The van der Waals surface area contributed by atoms with Crippen molar-refractivity contribution in [2.75, 3.05) is 11.9 Å². The molecule has 1 aliphatic rings. The molecule has 0 atom stereocenters. The van der Waals surface area contributed by atoms with Crippen LogP contribution in [-0.4, -0.2) is 34.2 Å². The number of thiazole rings is 1. The molecule has 3 amide bonds. The van der Waals surface area contributed by atoms with Crippen LogP contribution in [-0.2, 0) is 11.2 Å². The smallest absolute Gasteiger partial charge is 0.262 e. The summed E-state index contributed by atoms with van der Waals surface area (Å²) in [7, 11) is 0. The summed E-state index contributed by atoms with van der Waals surface area (Å²) < 4.78 is 0.986. The van der Waals surface area contributed by atoms with Gasteiger partial charge >= 0.3 is 0 Å². The Labute approximate surface area is 153 Å². The molecule has 3 aromatic rings. The Balaban J connectivity index is 1.52. The first-order valence-electron chi connectivity index (χ1n) is 8.22. The van der Waals surface area contributed by atoms with Gasteiger partial charge in [0.25, 0.3) is 11.8 Å². The van der Waals surface area contributed by atoms with Crippen LogP contribution in [0, 0.1) is 0 Å². The minimum atomic E-state index is -0.448. The monoisotopic (exact) mass is 365 g/mol. The van der Waals surface area contributed by atoms with Crippen molar-refractivity contribution in [2.45, 2.75) is 13.3 Å². The molecule has 0 radical (unpaired) electrons. The van der Waals surface area contributed by atoms with Crippen molar-refractivity contribution in [1.82, 2.24) is 9.88 Å². The lowest BCUT2D eigenvalue weighted by molar-refractivity contribution is -0.116. The van der Waals surface area contributed by atoms with Crippen LogP contribution in [0.3, 0.4) is 0 Å². The van der Waals surface area contributed by atoms with Gasteiger partial charge in [0.1, 0.15) is 6.54 Å². The van der Waals surface area contributed by atoms with Crippen LogP contribution in [0.2, 0.25) is 0 Å². The van der Waals surface area contributed by atoms with E-state index < -0.39 is 17.7 Å². The fourth-order valence-electron chi connectivity index (χ4n) is 3.03. The number of hydrogen-bond acceptors (Lipinski definition) is 5. The third-order valence-corrected chi connectivity index (χ3v) is 5.25. The van der Waals surface area contributed by atoms with Crippen LogP contribution in [0.15, 0.2) is 42.5 Å². The first-order valence-corrected chi connectivity index (χ1v) is 9.03. The summed E-state index contributed by atoms with van der Waals surface area (Å²) in [6.07, 6.45) is 0.851. The fourth-order valence-corrected chi connectivity index (χ4v) is 3.96. The second-order valence-corrected chi connectivity index (χ2v) is 6.96. The third-order valence-electron chi connectivity index (χ3n) is 4.31. The van der Waals surface area contributed by atoms with Gasteiger partial charge in [-0.1, -0.05) is 42.5 Å². The van der Waals surface area contributed by atoms with E-state index in [1.165, 1.54) is 11.3 Å². The number of amides is 3. The van der Waals surface area contributed by atoms with E-state index in [4.69, 9.17) is 0 Å². The van der Waals surface area contributed by atoms with Gasteiger partial charge in [-0.3, -0.25) is 19.3 Å². The Bertz CT molecular complexity index is 1020. The largest absolute Gasteiger partial charge is 0.300 e. The molecule has 0 unspecified atom stereocenters. The molecule has 0 bridgehead atoms. The third kappa shape index (κ3) is 2.66. The number of nitrogens with zero attached hydrogens (tertiary/aromatic N) is 2. The van der Waals surface area contributed by atoms with Crippen molar-refractivity contribution in [1.29, 1.82) is 0 Å². The van der Waals surface area contributed by atoms with Crippen molar-refractivity contribution in [3.8, 4) is 0 Å². The summed E-state index contributed by atoms with van der Waals surface area (Å²) in [6.45, 7) is 1.72. The molecular formula is C19H15N3O3S. The van der Waals surface area contributed by atoms with Crippen molar-refractivity contribution in [3.63, 3.8) is 0 Å². The summed E-state index contributed by atoms with van der Waals surface area (Å²) in [4.78, 5) is 42.5. The number of hydrogen-bond donors (Lipinski definition) is 1. The number of carbonyl (C=O) groups is 3. The molecule has 0 spiro atoms. The molecule has 130 valence electrons. The van der Waals surface area contributed by atoms with Gasteiger partial charge in [-0.2, -0.15) is 0 Å². The predicted octanol–water partition coefficient (Wildman–Crippen LogP) is 3.09. The molecule has 0 aliphatic carbocycles. The summed E-state index contributed by atoms with van der Waals surface area (Å²) in [5, 5.41) is 3.16. The maximum Gasteiger partial charge on any atom is 0.262 e. The molecule has 2 aromatic carbocycles. The minimum Gasteiger partial charge on any atom is -0.300 e. The van der Waals surface area contributed by atoms with Crippen LogP contribution in [0.1, 0.15) is 33.2 Å². The van der Waals surface area contributed by atoms with Crippen LogP contribution >= 0.6 is 11.3 Å². The Morgan fingerprint density at radius 3 is 2.42 bits per heavy atom. The summed E-state index contributed by atoms with van der Waals surface area (Å²) in [5.41, 5.74) is 2.64. The predicted molar refractivity (Wildman–Crippen MR) is 99.4 cm³/mol. The molecule has 1 aromatic heterocycles. The van der Waals surface area contributed by atoms with Crippen molar-refractivity contribution >= 4 is 44.4 Å². The van der Waals surface area contributed by atoms with Crippen molar-refractivity contribution < 1.29 is 14.4 Å². The van der Waals surface area contributed by atoms with E-state index in [1.807, 2.05) is 18.2 Å². The van der Waals surface area contributed by atoms with Gasteiger partial charge in [-0.05, 0) is 30.2 Å². The van der Waals surface area contributed by atoms with E-state index in [2.05, 4.69) is 17.2 Å². The van der Waals surface area contributed by atoms with Gasteiger partial charge in [-0.25, -0.2) is 4.98 Å². The molecule has 0 saturated carbocycles. The average molecular weight is 365 g/mol. The molecule has 2 heterocycles. The Kier molecular flexibility index (Phi) is 4.00. The number of nitrogens with one attached hydrogen (secondary N) is 1. The van der Waals surface area contributed by atoms with Gasteiger partial charge in [0, 0.05) is 0 Å². The summed E-state index contributed by atoms with van der Waals surface area (Å²) in [5.74, 6) is -1.34. The summed E-state index contributed by atoms with van der Waals surface area (Å²) in [6, 6.07) is 12.5. The highest BCUT2D eigenvalue weighted by Crippen LogP contribution is 2.29. The van der Waals surface area contributed by atoms with Crippen LogP contribution in [0.4, 0.5) is 5.13 Å². The first-order chi connectivity index (χ1) is 12.6. The first kappa shape index (κ1) is 16.4. The number of benzene rings is 2. The van der Waals surface area contributed by atoms with Crippen molar-refractivity contribution in [3.05, 3.63) is 59.2 Å². The second-order valence-electron chi connectivity index (χ2n) is 5.93. The number of imide groups is 1. The molecule has 1 aliphatic heterocycles. The molecule has 0 fully saturated rings. The average Bonchev–Trinajstić information content (AvgIpc) is 3.16. The molecular weight excluding hydrogens is 350 g/mol. The number of anilines is 1. The maximum atomic E-state index is 12.4. The van der Waals surface area contributed by atoms with E-state index >= 15 is 0 Å². The highest BCUT2D eigenvalue weighted by molar-refractivity contribution is 7.22. The molecule has 7 heteroatoms. The number of para-hydroxylation sites is 1. The van der Waals surface area contributed by atoms with Crippen LogP contribution in [0.5, 0.6) is 0 Å². The summed E-state index contributed by atoms with van der Waals surface area (Å²) >= 11 is 1.37. The zero-order chi connectivity index (χ0) is 18.3. The fraction of sp³-hybridized carbons (Fsp3) is 0.158. The number of aromatic nitrogens is 1. The standard InChI is InChI=1S/C19H15N3O3S/c1-2-11-6-5-9-14-16(11)21-19(26-14)20-15(23)10-22-17(24)12-7-3-4-8-13(12)18(22)25/h3-9H,2,10H2,1H3,(H,20,21,23). The second kappa shape index (κ2) is 6.34.